The SMILES string of the molecule is CCc1cc(C(F)(C(F)(F)F)C(F)(F)F)cc(Br)c1NC(=O)c1cccc(N(CC)C(=O)c2cc[n+]([O-])cc2)c1OC. The Balaban J connectivity index is 2.05. The van der Waals surface area contributed by atoms with E-state index >= 15 is 0 Å². The smallest absolute Gasteiger partial charge is 0.435 e. The molecule has 0 aliphatic heterocycles. The lowest BCUT2D eigenvalue weighted by Crippen LogP contribution is -2.50. The van der Waals surface area contributed by atoms with Crippen LogP contribution in [-0.4, -0.2) is 37.8 Å². The maximum atomic E-state index is 14.7. The number of pyridine rings is 1. The van der Waals surface area contributed by atoms with Gasteiger partial charge >= 0.3 is 18.0 Å². The number of carbonyl (C=O) groups excluding carboxylic acids is 2. The molecule has 3 rings (SSSR count). The molecule has 0 unspecified atom stereocenters. The van der Waals surface area contributed by atoms with E-state index in [-0.39, 0.29) is 46.8 Å². The van der Waals surface area contributed by atoms with Gasteiger partial charge in [0.1, 0.15) is 0 Å². The van der Waals surface area contributed by atoms with Crippen LogP contribution >= 0.6 is 15.9 Å². The van der Waals surface area contributed by atoms with Crippen LogP contribution in [0.2, 0.25) is 0 Å². The summed E-state index contributed by atoms with van der Waals surface area (Å²) in [5.41, 5.74) is -7.57. The van der Waals surface area contributed by atoms with Crippen LogP contribution < -0.4 is 19.7 Å². The molecule has 1 N–H and O–H groups in total. The molecule has 226 valence electrons. The molecule has 0 saturated heterocycles. The standard InChI is InChI=1S/C27H23BrF7N3O4/c1-4-15-13-17(25(29,26(30,31)32)27(33,34)35)14-19(28)21(15)36-23(39)18-7-6-8-20(22(18)42-3)38(5-2)24(40)16-9-11-37(41)12-10-16/h6-14H,4-5H2,1-3H3,(H,36,39). The van der Waals surface area contributed by atoms with Gasteiger partial charge < -0.3 is 20.2 Å². The number of methoxy groups -OCH3 is 1. The van der Waals surface area contributed by atoms with Gasteiger partial charge in [0.2, 0.25) is 0 Å². The Bertz CT molecular complexity index is 1460. The third-order valence-electron chi connectivity index (χ3n) is 6.31. The predicted molar refractivity (Wildman–Crippen MR) is 142 cm³/mol. The molecule has 42 heavy (non-hydrogen) atoms. The number of aryl methyl sites for hydroxylation is 1. The van der Waals surface area contributed by atoms with Gasteiger partial charge in [-0.15, -0.1) is 0 Å². The zero-order valence-corrected chi connectivity index (χ0v) is 23.7. The summed E-state index contributed by atoms with van der Waals surface area (Å²) in [7, 11) is 1.23. The van der Waals surface area contributed by atoms with Gasteiger partial charge in [0, 0.05) is 28.7 Å². The highest BCUT2D eigenvalue weighted by molar-refractivity contribution is 9.10. The largest absolute Gasteiger partial charge is 0.619 e. The Kier molecular flexibility index (Phi) is 9.44. The summed E-state index contributed by atoms with van der Waals surface area (Å²) < 4.78 is 100. The van der Waals surface area contributed by atoms with Gasteiger partial charge in [0.05, 0.1) is 29.6 Å². The zero-order chi connectivity index (χ0) is 31.6. The number of anilines is 2. The van der Waals surface area contributed by atoms with Gasteiger partial charge in [-0.3, -0.25) is 9.59 Å². The number of hydrogen-bond acceptors (Lipinski definition) is 4. The average Bonchev–Trinajstić information content (AvgIpc) is 2.92. The molecule has 2 amide bonds. The molecule has 0 saturated carbocycles. The van der Waals surface area contributed by atoms with E-state index in [1.54, 1.807) is 6.92 Å². The van der Waals surface area contributed by atoms with Gasteiger partial charge in [-0.05, 0) is 59.1 Å². The topological polar surface area (TPSA) is 85.6 Å². The maximum absolute atomic E-state index is 14.7. The summed E-state index contributed by atoms with van der Waals surface area (Å²) in [6, 6.07) is 7.57. The van der Waals surface area contributed by atoms with Crippen molar-refractivity contribution >= 4 is 39.1 Å². The van der Waals surface area contributed by atoms with Gasteiger partial charge in [0.15, 0.2) is 18.1 Å². The van der Waals surface area contributed by atoms with Gasteiger partial charge in [-0.2, -0.15) is 31.1 Å². The van der Waals surface area contributed by atoms with E-state index in [1.165, 1.54) is 49.3 Å². The molecular formula is C27H23BrF7N3O4. The molecule has 7 nitrogen and oxygen atoms in total. The first-order valence-electron chi connectivity index (χ1n) is 12.2. The van der Waals surface area contributed by atoms with Gasteiger partial charge in [-0.1, -0.05) is 13.0 Å². The highest BCUT2D eigenvalue weighted by Gasteiger charge is 2.73. The van der Waals surface area contributed by atoms with Crippen molar-refractivity contribution in [1.29, 1.82) is 0 Å². The molecule has 0 spiro atoms. The minimum Gasteiger partial charge on any atom is -0.619 e. The molecule has 15 heteroatoms. The van der Waals surface area contributed by atoms with E-state index < -0.39 is 39.9 Å². The molecular weight excluding hydrogens is 643 g/mol. The van der Waals surface area contributed by atoms with E-state index in [1.807, 2.05) is 0 Å². The van der Waals surface area contributed by atoms with E-state index in [4.69, 9.17) is 4.74 Å². The summed E-state index contributed by atoms with van der Waals surface area (Å²) in [6.07, 6.45) is -10.5. The number of hydrogen-bond donors (Lipinski definition) is 1. The Morgan fingerprint density at radius 3 is 2.10 bits per heavy atom. The zero-order valence-electron chi connectivity index (χ0n) is 22.2. The van der Waals surface area contributed by atoms with E-state index in [0.717, 1.165) is 12.4 Å². The van der Waals surface area contributed by atoms with Crippen molar-refractivity contribution in [1.82, 2.24) is 0 Å². The first kappa shape index (κ1) is 32.6. The summed E-state index contributed by atoms with van der Waals surface area (Å²) in [6.45, 7) is 3.16. The lowest BCUT2D eigenvalue weighted by molar-refractivity contribution is -0.605. The second kappa shape index (κ2) is 12.2. The number of rotatable bonds is 8. The number of nitrogens with one attached hydrogen (secondary N) is 1. The number of benzene rings is 2. The summed E-state index contributed by atoms with van der Waals surface area (Å²) in [4.78, 5) is 27.8. The Labute approximate surface area is 243 Å². The van der Waals surface area contributed by atoms with Crippen LogP contribution in [-0.2, 0) is 12.1 Å². The second-order valence-electron chi connectivity index (χ2n) is 8.81. The maximum Gasteiger partial charge on any atom is 0.435 e. The lowest BCUT2D eigenvalue weighted by Gasteiger charge is -2.31. The molecule has 0 aliphatic rings. The number of aromatic nitrogens is 1. The van der Waals surface area contributed by atoms with Gasteiger partial charge in [0.25, 0.3) is 11.8 Å². The highest BCUT2D eigenvalue weighted by atomic mass is 79.9. The van der Waals surface area contributed by atoms with Gasteiger partial charge in [-0.25, -0.2) is 4.39 Å². The van der Waals surface area contributed by atoms with Crippen molar-refractivity contribution in [2.75, 3.05) is 23.9 Å². The fraction of sp³-hybridized carbons (Fsp3) is 0.296. The first-order chi connectivity index (χ1) is 19.5. The Morgan fingerprint density at radius 1 is 1.00 bits per heavy atom. The Hall–Kier alpha value is -3.88. The third kappa shape index (κ3) is 6.01. The van der Waals surface area contributed by atoms with E-state index in [9.17, 15) is 45.5 Å². The first-order valence-corrected chi connectivity index (χ1v) is 12.9. The predicted octanol–water partition coefficient (Wildman–Crippen LogP) is 6.86. The summed E-state index contributed by atoms with van der Waals surface area (Å²) in [5.74, 6) is -1.47. The van der Waals surface area contributed by atoms with Crippen molar-refractivity contribution in [2.24, 2.45) is 0 Å². The number of carbonyl (C=O) groups is 2. The van der Waals surface area contributed by atoms with Crippen LogP contribution in [0.3, 0.4) is 0 Å². The number of nitrogens with zero attached hydrogens (tertiary/aromatic N) is 2. The van der Waals surface area contributed by atoms with Crippen molar-refractivity contribution in [3.8, 4) is 5.75 Å². The summed E-state index contributed by atoms with van der Waals surface area (Å²) >= 11 is 2.88. The number of alkyl halides is 7. The van der Waals surface area contributed by atoms with Crippen LogP contribution in [0.5, 0.6) is 5.75 Å². The summed E-state index contributed by atoms with van der Waals surface area (Å²) in [5, 5.41) is 13.8. The fourth-order valence-electron chi connectivity index (χ4n) is 4.22. The molecule has 1 aromatic heterocycles. The number of ether oxygens (including phenoxy) is 1. The van der Waals surface area contributed by atoms with E-state index in [0.29, 0.717) is 16.9 Å². The van der Waals surface area contributed by atoms with Crippen LogP contribution in [0.15, 0.2) is 59.3 Å². The monoisotopic (exact) mass is 665 g/mol. The van der Waals surface area contributed by atoms with Crippen LogP contribution in [0.25, 0.3) is 0 Å². The minimum atomic E-state index is -6.31. The lowest BCUT2D eigenvalue weighted by atomic mass is 9.91. The van der Waals surface area contributed by atoms with Crippen LogP contribution in [0.4, 0.5) is 42.1 Å². The number of para-hydroxylation sites is 1. The second-order valence-corrected chi connectivity index (χ2v) is 9.66. The Morgan fingerprint density at radius 2 is 1.60 bits per heavy atom. The molecule has 0 atom stereocenters. The quantitative estimate of drug-likeness (QED) is 0.162. The molecule has 3 aromatic rings. The van der Waals surface area contributed by atoms with Crippen molar-refractivity contribution in [2.45, 2.75) is 38.3 Å². The third-order valence-corrected chi connectivity index (χ3v) is 6.94. The molecule has 0 radical (unpaired) electrons. The molecule has 1 heterocycles. The van der Waals surface area contributed by atoms with Crippen molar-refractivity contribution in [3.63, 3.8) is 0 Å². The molecule has 2 aromatic carbocycles. The normalized spacial score (nSPS) is 12.2. The number of halogens is 8. The molecule has 0 bridgehead atoms. The average molecular weight is 666 g/mol. The van der Waals surface area contributed by atoms with Crippen molar-refractivity contribution in [3.05, 3.63) is 86.8 Å². The fourth-order valence-corrected chi connectivity index (χ4v) is 4.82. The highest BCUT2D eigenvalue weighted by Crippen LogP contribution is 2.54. The molecule has 0 aliphatic carbocycles. The molecule has 0 fully saturated rings. The minimum absolute atomic E-state index is 0.0669. The van der Waals surface area contributed by atoms with Crippen LogP contribution in [0, 0.1) is 5.21 Å². The van der Waals surface area contributed by atoms with E-state index in [2.05, 4.69) is 21.2 Å². The van der Waals surface area contributed by atoms with Crippen LogP contribution in [0.1, 0.15) is 45.7 Å². The van der Waals surface area contributed by atoms with Crippen molar-refractivity contribution < 1.29 is 49.8 Å². The number of amides is 2.